The molecule has 1 heterocycles. The maximum absolute atomic E-state index is 11.2. The van der Waals surface area contributed by atoms with Gasteiger partial charge < -0.3 is 10.4 Å². The average molecular weight is 259 g/mol. The number of hydrogen-bond donors (Lipinski definition) is 2. The largest absolute Gasteiger partial charge is 0.476 e. The van der Waals surface area contributed by atoms with E-state index < -0.39 is 5.97 Å². The lowest BCUT2D eigenvalue weighted by molar-refractivity contribution is -0.114. The van der Waals surface area contributed by atoms with Crippen LogP contribution in [0.3, 0.4) is 0 Å². The molecule has 0 spiro atoms. The molecule has 0 fully saturated rings. The number of carbonyl (C=O) groups is 2. The number of carboxylic acid groups (broad SMARTS) is 1. The zero-order valence-corrected chi connectivity index (χ0v) is 10.5. The molecule has 0 saturated heterocycles. The summed E-state index contributed by atoms with van der Waals surface area (Å²) in [6.07, 6.45) is 1.37. The van der Waals surface area contributed by atoms with Crippen LogP contribution in [0.15, 0.2) is 30.6 Å². The highest BCUT2D eigenvalue weighted by atomic mass is 16.4. The Morgan fingerprint density at radius 3 is 2.42 bits per heavy atom. The highest BCUT2D eigenvalue weighted by molar-refractivity contribution is 5.97. The van der Waals surface area contributed by atoms with Crippen LogP contribution in [0.4, 0.5) is 5.82 Å². The molecular formula is C13H13N3O3. The van der Waals surface area contributed by atoms with Crippen LogP contribution in [-0.2, 0) is 4.79 Å². The van der Waals surface area contributed by atoms with Crippen LogP contribution < -0.4 is 5.32 Å². The summed E-state index contributed by atoms with van der Waals surface area (Å²) in [6, 6.07) is 7.45. The topological polar surface area (TPSA) is 84.2 Å². The molecule has 19 heavy (non-hydrogen) atoms. The Hall–Kier alpha value is -2.63. The third-order valence-electron chi connectivity index (χ3n) is 2.58. The molecular weight excluding hydrogens is 246 g/mol. The number of anilines is 1. The average Bonchev–Trinajstić information content (AvgIpc) is 2.73. The number of amides is 1. The molecule has 0 aliphatic rings. The van der Waals surface area contributed by atoms with E-state index in [-0.39, 0.29) is 17.4 Å². The summed E-state index contributed by atoms with van der Waals surface area (Å²) in [5.41, 5.74) is 1.63. The number of rotatable bonds is 3. The Balaban J connectivity index is 2.53. The van der Waals surface area contributed by atoms with E-state index in [1.807, 2.05) is 31.2 Å². The van der Waals surface area contributed by atoms with Crippen molar-refractivity contribution in [1.29, 1.82) is 0 Å². The predicted molar refractivity (Wildman–Crippen MR) is 69.6 cm³/mol. The third kappa shape index (κ3) is 2.62. The fraction of sp³-hybridized carbons (Fsp3) is 0.154. The molecule has 0 atom stereocenters. The van der Waals surface area contributed by atoms with E-state index in [1.54, 1.807) is 0 Å². The van der Waals surface area contributed by atoms with Gasteiger partial charge in [0.2, 0.25) is 5.91 Å². The van der Waals surface area contributed by atoms with Crippen LogP contribution in [0, 0.1) is 6.92 Å². The second-order valence-corrected chi connectivity index (χ2v) is 4.13. The highest BCUT2D eigenvalue weighted by Gasteiger charge is 2.18. The molecule has 0 aliphatic carbocycles. The van der Waals surface area contributed by atoms with Crippen LogP contribution in [0.1, 0.15) is 23.0 Å². The molecule has 0 aliphatic heterocycles. The molecule has 1 amide bonds. The monoisotopic (exact) mass is 259 g/mol. The van der Waals surface area contributed by atoms with Crippen molar-refractivity contribution >= 4 is 17.7 Å². The quantitative estimate of drug-likeness (QED) is 0.880. The number of imidazole rings is 1. The van der Waals surface area contributed by atoms with E-state index in [0.717, 1.165) is 11.3 Å². The normalized spacial score (nSPS) is 10.2. The lowest BCUT2D eigenvalue weighted by Gasteiger charge is -2.09. The molecule has 0 bridgehead atoms. The van der Waals surface area contributed by atoms with Crippen molar-refractivity contribution in [2.24, 2.45) is 0 Å². The fourth-order valence-corrected chi connectivity index (χ4v) is 1.69. The number of benzene rings is 1. The lowest BCUT2D eigenvalue weighted by Crippen LogP contribution is -2.13. The standard InChI is InChI=1S/C13H13N3O3/c1-8-3-5-10(6-4-8)16-7-14-11(13(18)19)12(16)15-9(2)17/h3-7H,1-2H3,(H,15,17)(H,18,19). The van der Waals surface area contributed by atoms with E-state index in [0.29, 0.717) is 0 Å². The second kappa shape index (κ2) is 4.93. The van der Waals surface area contributed by atoms with Gasteiger partial charge in [0, 0.05) is 12.6 Å². The smallest absolute Gasteiger partial charge is 0.358 e. The maximum atomic E-state index is 11.2. The fourth-order valence-electron chi connectivity index (χ4n) is 1.69. The van der Waals surface area contributed by atoms with Crippen molar-refractivity contribution in [3.8, 4) is 5.69 Å². The minimum atomic E-state index is -1.19. The van der Waals surface area contributed by atoms with Crippen molar-refractivity contribution in [2.45, 2.75) is 13.8 Å². The first-order valence-corrected chi connectivity index (χ1v) is 5.64. The Kier molecular flexibility index (Phi) is 3.33. The van der Waals surface area contributed by atoms with Gasteiger partial charge in [0.25, 0.3) is 0 Å². The minimum absolute atomic E-state index is 0.156. The third-order valence-corrected chi connectivity index (χ3v) is 2.58. The number of nitrogens with zero attached hydrogens (tertiary/aromatic N) is 2. The zero-order valence-electron chi connectivity index (χ0n) is 10.5. The minimum Gasteiger partial charge on any atom is -0.476 e. The van der Waals surface area contributed by atoms with E-state index in [9.17, 15) is 9.59 Å². The van der Waals surface area contributed by atoms with Crippen molar-refractivity contribution < 1.29 is 14.7 Å². The molecule has 6 nitrogen and oxygen atoms in total. The van der Waals surface area contributed by atoms with Crippen LogP contribution in [0.5, 0.6) is 0 Å². The highest BCUT2D eigenvalue weighted by Crippen LogP contribution is 2.20. The summed E-state index contributed by atoms with van der Waals surface area (Å²) >= 11 is 0. The molecule has 0 saturated carbocycles. The Morgan fingerprint density at radius 1 is 1.26 bits per heavy atom. The van der Waals surface area contributed by atoms with Gasteiger partial charge in [0.15, 0.2) is 11.5 Å². The maximum Gasteiger partial charge on any atom is 0.358 e. The summed E-state index contributed by atoms with van der Waals surface area (Å²) in [7, 11) is 0. The van der Waals surface area contributed by atoms with Gasteiger partial charge in [0.05, 0.1) is 0 Å². The molecule has 98 valence electrons. The summed E-state index contributed by atoms with van der Waals surface area (Å²) in [5.74, 6) is -1.38. The number of aromatic carboxylic acids is 1. The summed E-state index contributed by atoms with van der Waals surface area (Å²) < 4.78 is 1.53. The van der Waals surface area contributed by atoms with Gasteiger partial charge in [-0.1, -0.05) is 17.7 Å². The van der Waals surface area contributed by atoms with Crippen molar-refractivity contribution in [2.75, 3.05) is 5.32 Å². The SMILES string of the molecule is CC(=O)Nc1c(C(=O)O)ncn1-c1ccc(C)cc1. The molecule has 0 radical (unpaired) electrons. The summed E-state index contributed by atoms with van der Waals surface area (Å²) in [6.45, 7) is 3.27. The number of carboxylic acids is 1. The molecule has 0 unspecified atom stereocenters. The van der Waals surface area contributed by atoms with Crippen LogP contribution in [0.2, 0.25) is 0 Å². The van der Waals surface area contributed by atoms with Crippen LogP contribution >= 0.6 is 0 Å². The number of aromatic nitrogens is 2. The first-order valence-electron chi connectivity index (χ1n) is 5.64. The van der Waals surface area contributed by atoms with Gasteiger partial charge in [-0.15, -0.1) is 0 Å². The van der Waals surface area contributed by atoms with Gasteiger partial charge in [-0.25, -0.2) is 9.78 Å². The van der Waals surface area contributed by atoms with E-state index >= 15 is 0 Å². The van der Waals surface area contributed by atoms with E-state index in [1.165, 1.54) is 17.8 Å². The van der Waals surface area contributed by atoms with Gasteiger partial charge >= 0.3 is 5.97 Å². The molecule has 2 N–H and O–H groups in total. The first-order chi connectivity index (χ1) is 8.99. The number of aryl methyl sites for hydroxylation is 1. The summed E-state index contributed by atoms with van der Waals surface area (Å²) in [5, 5.41) is 11.6. The molecule has 1 aromatic heterocycles. The molecule has 6 heteroatoms. The zero-order chi connectivity index (χ0) is 14.0. The lowest BCUT2D eigenvalue weighted by atomic mass is 10.2. The van der Waals surface area contributed by atoms with Crippen LogP contribution in [-0.4, -0.2) is 26.5 Å². The molecule has 2 aromatic rings. The molecule has 1 aromatic carbocycles. The predicted octanol–water partition coefficient (Wildman–Crippen LogP) is 1.84. The number of hydrogen-bond acceptors (Lipinski definition) is 3. The first kappa shape index (κ1) is 12.8. The Labute approximate surface area is 109 Å². The molecule has 2 rings (SSSR count). The van der Waals surface area contributed by atoms with Crippen molar-refractivity contribution in [3.63, 3.8) is 0 Å². The Bertz CT molecular complexity index is 629. The van der Waals surface area contributed by atoms with E-state index in [4.69, 9.17) is 5.11 Å². The van der Waals surface area contributed by atoms with Crippen molar-refractivity contribution in [3.05, 3.63) is 41.9 Å². The van der Waals surface area contributed by atoms with Gasteiger partial charge in [-0.2, -0.15) is 0 Å². The number of carbonyl (C=O) groups excluding carboxylic acids is 1. The van der Waals surface area contributed by atoms with E-state index in [2.05, 4.69) is 10.3 Å². The van der Waals surface area contributed by atoms with Gasteiger partial charge in [-0.3, -0.25) is 9.36 Å². The van der Waals surface area contributed by atoms with Crippen molar-refractivity contribution in [1.82, 2.24) is 9.55 Å². The van der Waals surface area contributed by atoms with Gasteiger partial charge in [0.1, 0.15) is 6.33 Å². The van der Waals surface area contributed by atoms with Gasteiger partial charge in [-0.05, 0) is 19.1 Å². The van der Waals surface area contributed by atoms with Crippen LogP contribution in [0.25, 0.3) is 5.69 Å². The Morgan fingerprint density at radius 2 is 1.89 bits per heavy atom. The number of nitrogens with one attached hydrogen (secondary N) is 1. The summed E-state index contributed by atoms with van der Waals surface area (Å²) in [4.78, 5) is 26.1. The second-order valence-electron chi connectivity index (χ2n) is 4.13.